The van der Waals surface area contributed by atoms with E-state index in [9.17, 15) is 0 Å². The Morgan fingerprint density at radius 1 is 1.33 bits per heavy atom. The number of nitrogens with one attached hydrogen (secondary N) is 1. The van der Waals surface area contributed by atoms with Gasteiger partial charge in [0.25, 0.3) is 0 Å². The van der Waals surface area contributed by atoms with E-state index in [1.165, 1.54) is 45.2 Å². The van der Waals surface area contributed by atoms with Crippen molar-refractivity contribution in [2.24, 2.45) is 5.92 Å². The second-order valence-corrected chi connectivity index (χ2v) is 4.98. The van der Waals surface area contributed by atoms with Gasteiger partial charge in [0.05, 0.1) is 0 Å². The molecule has 0 spiro atoms. The quantitative estimate of drug-likeness (QED) is 0.681. The maximum atomic E-state index is 3.22. The van der Waals surface area contributed by atoms with Gasteiger partial charge in [0.15, 0.2) is 0 Å². The first-order chi connectivity index (χ1) is 7.27. The third-order valence-corrected chi connectivity index (χ3v) is 3.90. The number of nitrogens with zero attached hydrogens (tertiary/aromatic N) is 1. The lowest BCUT2D eigenvalue weighted by Gasteiger charge is -2.35. The van der Waals surface area contributed by atoms with Gasteiger partial charge in [-0.25, -0.2) is 0 Å². The topological polar surface area (TPSA) is 15.3 Å². The molecule has 0 radical (unpaired) electrons. The van der Waals surface area contributed by atoms with Crippen LogP contribution in [0.2, 0.25) is 0 Å². The zero-order valence-corrected chi connectivity index (χ0v) is 10.8. The zero-order chi connectivity index (χ0) is 11.1. The summed E-state index contributed by atoms with van der Waals surface area (Å²) in [6.07, 6.45) is 6.88. The van der Waals surface area contributed by atoms with Crippen molar-refractivity contribution in [1.29, 1.82) is 0 Å². The van der Waals surface area contributed by atoms with E-state index < -0.39 is 0 Å². The summed E-state index contributed by atoms with van der Waals surface area (Å²) in [6.45, 7) is 8.55. The fourth-order valence-corrected chi connectivity index (χ4v) is 2.56. The van der Waals surface area contributed by atoms with E-state index in [4.69, 9.17) is 0 Å². The molecule has 15 heavy (non-hydrogen) atoms. The predicted octanol–water partition coefficient (Wildman–Crippen LogP) is 2.50. The smallest absolute Gasteiger partial charge is 0.00674 e. The molecule has 1 N–H and O–H groups in total. The Bertz CT molecular complexity index is 151. The van der Waals surface area contributed by atoms with Crippen LogP contribution in [0.4, 0.5) is 0 Å². The van der Waals surface area contributed by atoms with Crippen molar-refractivity contribution < 1.29 is 0 Å². The van der Waals surface area contributed by atoms with E-state index in [0.29, 0.717) is 0 Å². The minimum Gasteiger partial charge on any atom is -0.320 e. The van der Waals surface area contributed by atoms with Crippen LogP contribution in [0, 0.1) is 5.92 Å². The molecule has 0 amide bonds. The van der Waals surface area contributed by atoms with Crippen LogP contribution < -0.4 is 5.32 Å². The molecular weight excluding hydrogens is 184 g/mol. The fourth-order valence-electron chi connectivity index (χ4n) is 2.56. The molecule has 2 nitrogen and oxygen atoms in total. The van der Waals surface area contributed by atoms with Crippen LogP contribution in [0.3, 0.4) is 0 Å². The van der Waals surface area contributed by atoms with Crippen molar-refractivity contribution in [2.75, 3.05) is 26.7 Å². The van der Waals surface area contributed by atoms with Gasteiger partial charge in [-0.05, 0) is 65.2 Å². The van der Waals surface area contributed by atoms with Gasteiger partial charge in [-0.1, -0.05) is 13.3 Å². The van der Waals surface area contributed by atoms with Crippen molar-refractivity contribution in [2.45, 2.75) is 52.0 Å². The van der Waals surface area contributed by atoms with Gasteiger partial charge in [0.1, 0.15) is 0 Å². The SMILES string of the molecule is CCC1CCN(C(C)CCCNC)CC1. The Hall–Kier alpha value is -0.0800. The number of likely N-dealkylation sites (tertiary alicyclic amines) is 1. The summed E-state index contributed by atoms with van der Waals surface area (Å²) in [5.74, 6) is 1.01. The van der Waals surface area contributed by atoms with E-state index in [1.807, 2.05) is 7.05 Å². The maximum absolute atomic E-state index is 3.22. The number of hydrogen-bond donors (Lipinski definition) is 1. The van der Waals surface area contributed by atoms with Crippen molar-refractivity contribution in [3.8, 4) is 0 Å². The molecule has 0 bridgehead atoms. The van der Waals surface area contributed by atoms with Crippen LogP contribution in [-0.4, -0.2) is 37.6 Å². The third-order valence-electron chi connectivity index (χ3n) is 3.90. The van der Waals surface area contributed by atoms with Crippen molar-refractivity contribution >= 4 is 0 Å². The molecule has 1 fully saturated rings. The highest BCUT2D eigenvalue weighted by Gasteiger charge is 2.20. The fraction of sp³-hybridized carbons (Fsp3) is 1.00. The average Bonchev–Trinajstić information content (AvgIpc) is 2.29. The predicted molar refractivity (Wildman–Crippen MR) is 67.2 cm³/mol. The molecule has 1 aliphatic rings. The molecule has 0 saturated carbocycles. The summed E-state index contributed by atoms with van der Waals surface area (Å²) in [4.78, 5) is 2.68. The molecule has 1 heterocycles. The molecular formula is C13H28N2. The largest absolute Gasteiger partial charge is 0.320 e. The van der Waals surface area contributed by atoms with Crippen LogP contribution in [0.15, 0.2) is 0 Å². The molecule has 0 aromatic heterocycles. The molecule has 0 aliphatic carbocycles. The van der Waals surface area contributed by atoms with E-state index >= 15 is 0 Å². The van der Waals surface area contributed by atoms with Gasteiger partial charge in [0, 0.05) is 6.04 Å². The summed E-state index contributed by atoms with van der Waals surface area (Å²) < 4.78 is 0. The normalized spacial score (nSPS) is 21.8. The van der Waals surface area contributed by atoms with Gasteiger partial charge >= 0.3 is 0 Å². The number of piperidine rings is 1. The first kappa shape index (κ1) is 13.0. The molecule has 90 valence electrons. The first-order valence-electron chi connectivity index (χ1n) is 6.66. The van der Waals surface area contributed by atoms with E-state index in [2.05, 4.69) is 24.1 Å². The lowest BCUT2D eigenvalue weighted by molar-refractivity contribution is 0.132. The number of hydrogen-bond acceptors (Lipinski definition) is 2. The van der Waals surface area contributed by atoms with E-state index in [-0.39, 0.29) is 0 Å². The summed E-state index contributed by atoms with van der Waals surface area (Å²) >= 11 is 0. The Kier molecular flexibility index (Phi) is 6.26. The Morgan fingerprint density at radius 2 is 2.00 bits per heavy atom. The standard InChI is InChI=1S/C13H28N2/c1-4-13-7-10-15(11-8-13)12(2)6-5-9-14-3/h12-14H,4-11H2,1-3H3. The van der Waals surface area contributed by atoms with Gasteiger partial charge in [-0.15, -0.1) is 0 Å². The highest BCUT2D eigenvalue weighted by molar-refractivity contribution is 4.75. The van der Waals surface area contributed by atoms with Crippen LogP contribution in [0.1, 0.15) is 46.0 Å². The third kappa shape index (κ3) is 4.52. The monoisotopic (exact) mass is 212 g/mol. The van der Waals surface area contributed by atoms with E-state index in [1.54, 1.807) is 0 Å². The molecule has 2 heteroatoms. The van der Waals surface area contributed by atoms with Crippen LogP contribution >= 0.6 is 0 Å². The van der Waals surface area contributed by atoms with Gasteiger partial charge in [-0.2, -0.15) is 0 Å². The Morgan fingerprint density at radius 3 is 2.53 bits per heavy atom. The van der Waals surface area contributed by atoms with Crippen LogP contribution in [-0.2, 0) is 0 Å². The molecule has 0 aromatic carbocycles. The Labute approximate surface area is 95.4 Å². The summed E-state index contributed by atoms with van der Waals surface area (Å²) in [7, 11) is 2.04. The molecule has 1 rings (SSSR count). The molecule has 0 aromatic rings. The van der Waals surface area contributed by atoms with Crippen molar-refractivity contribution in [3.63, 3.8) is 0 Å². The first-order valence-corrected chi connectivity index (χ1v) is 6.66. The van der Waals surface area contributed by atoms with Crippen LogP contribution in [0.25, 0.3) is 0 Å². The second kappa shape index (κ2) is 7.24. The van der Waals surface area contributed by atoms with Gasteiger partial charge in [0.2, 0.25) is 0 Å². The summed E-state index contributed by atoms with van der Waals surface area (Å²) in [6, 6.07) is 0.788. The van der Waals surface area contributed by atoms with E-state index in [0.717, 1.165) is 18.5 Å². The molecule has 1 atom stereocenters. The maximum Gasteiger partial charge on any atom is 0.00674 e. The molecule has 1 aliphatic heterocycles. The minimum atomic E-state index is 0.788. The van der Waals surface area contributed by atoms with Crippen molar-refractivity contribution in [3.05, 3.63) is 0 Å². The highest BCUT2D eigenvalue weighted by Crippen LogP contribution is 2.22. The van der Waals surface area contributed by atoms with Crippen LogP contribution in [0.5, 0.6) is 0 Å². The second-order valence-electron chi connectivity index (χ2n) is 4.98. The molecule has 1 saturated heterocycles. The lowest BCUT2D eigenvalue weighted by atomic mass is 9.93. The zero-order valence-electron chi connectivity index (χ0n) is 10.8. The lowest BCUT2D eigenvalue weighted by Crippen LogP contribution is -2.40. The summed E-state index contributed by atoms with van der Waals surface area (Å²) in [5.41, 5.74) is 0. The highest BCUT2D eigenvalue weighted by atomic mass is 15.2. The average molecular weight is 212 g/mol. The number of rotatable bonds is 6. The Balaban J connectivity index is 2.15. The van der Waals surface area contributed by atoms with Gasteiger partial charge in [-0.3, -0.25) is 0 Å². The van der Waals surface area contributed by atoms with Gasteiger partial charge < -0.3 is 10.2 Å². The minimum absolute atomic E-state index is 0.788. The summed E-state index contributed by atoms with van der Waals surface area (Å²) in [5, 5.41) is 3.22. The van der Waals surface area contributed by atoms with Crippen molar-refractivity contribution in [1.82, 2.24) is 10.2 Å². The molecule has 1 unspecified atom stereocenters.